The fraction of sp³-hybridized carbons (Fsp3) is 0.286. The zero-order valence-electron chi connectivity index (χ0n) is 11.5. The SMILES string of the molecule is CN/C=C(\C=N)c1cnc2c(c1)CCC21NC(=O)NC1=O. The smallest absolute Gasteiger partial charge is 0.322 e. The van der Waals surface area contributed by atoms with Crippen LogP contribution in [0.3, 0.4) is 0 Å². The molecule has 3 rings (SSSR count). The third-order valence-corrected chi connectivity index (χ3v) is 3.87. The van der Waals surface area contributed by atoms with Crippen molar-refractivity contribution in [2.75, 3.05) is 7.05 Å². The summed E-state index contributed by atoms with van der Waals surface area (Å²) in [7, 11) is 1.76. The van der Waals surface area contributed by atoms with Crippen LogP contribution >= 0.6 is 0 Å². The Kier molecular flexibility index (Phi) is 2.97. The molecule has 0 radical (unpaired) electrons. The zero-order chi connectivity index (χ0) is 15.0. The van der Waals surface area contributed by atoms with Gasteiger partial charge in [-0.05, 0) is 24.5 Å². The molecule has 0 aromatic carbocycles. The maximum absolute atomic E-state index is 12.1. The summed E-state index contributed by atoms with van der Waals surface area (Å²) in [5, 5.41) is 15.3. The van der Waals surface area contributed by atoms with Crippen molar-refractivity contribution in [2.45, 2.75) is 18.4 Å². The standard InChI is InChI=1S/C14H15N5O2/c1-16-6-10(5-15)9-4-8-2-3-14(11(8)17-7-9)12(20)18-13(21)19-14/h4-7,15-16H,2-3H2,1H3,(H2,18,19,20,21)/b10-6+,15-5?. The van der Waals surface area contributed by atoms with E-state index in [2.05, 4.69) is 20.9 Å². The van der Waals surface area contributed by atoms with Gasteiger partial charge in [0.15, 0.2) is 5.54 Å². The van der Waals surface area contributed by atoms with Gasteiger partial charge in [0.25, 0.3) is 5.91 Å². The Morgan fingerprint density at radius 3 is 2.95 bits per heavy atom. The number of hydrogen-bond acceptors (Lipinski definition) is 5. The number of nitrogens with zero attached hydrogens (tertiary/aromatic N) is 1. The Balaban J connectivity index is 2.04. The maximum atomic E-state index is 12.1. The largest absolute Gasteiger partial charge is 0.393 e. The average Bonchev–Trinajstić information content (AvgIpc) is 2.97. The summed E-state index contributed by atoms with van der Waals surface area (Å²) >= 11 is 0. The lowest BCUT2D eigenvalue weighted by molar-refractivity contribution is -0.124. The van der Waals surface area contributed by atoms with Gasteiger partial charge in [-0.1, -0.05) is 0 Å². The van der Waals surface area contributed by atoms with Gasteiger partial charge in [0.2, 0.25) is 0 Å². The monoisotopic (exact) mass is 285 g/mol. The first-order valence-corrected chi connectivity index (χ1v) is 6.62. The van der Waals surface area contributed by atoms with E-state index in [1.54, 1.807) is 19.4 Å². The second-order valence-corrected chi connectivity index (χ2v) is 5.08. The molecule has 7 nitrogen and oxygen atoms in total. The third-order valence-electron chi connectivity index (χ3n) is 3.87. The highest BCUT2D eigenvalue weighted by Crippen LogP contribution is 2.38. The van der Waals surface area contributed by atoms with Crippen LogP contribution in [0, 0.1) is 5.41 Å². The quantitative estimate of drug-likeness (QED) is 0.472. The van der Waals surface area contributed by atoms with Crippen LogP contribution in [0.5, 0.6) is 0 Å². The number of hydrogen-bond donors (Lipinski definition) is 4. The number of fused-ring (bicyclic) bond motifs is 2. The van der Waals surface area contributed by atoms with Gasteiger partial charge in [-0.25, -0.2) is 4.79 Å². The number of imide groups is 1. The van der Waals surface area contributed by atoms with Gasteiger partial charge in [-0.3, -0.25) is 15.1 Å². The highest BCUT2D eigenvalue weighted by Gasteiger charge is 2.52. The molecule has 3 amide bonds. The second kappa shape index (κ2) is 4.69. The molecule has 1 aliphatic heterocycles. The molecule has 1 fully saturated rings. The van der Waals surface area contributed by atoms with Crippen molar-refractivity contribution in [1.82, 2.24) is 20.9 Å². The molecule has 1 spiro atoms. The lowest BCUT2D eigenvalue weighted by Gasteiger charge is -2.19. The van der Waals surface area contributed by atoms with Crippen molar-refractivity contribution in [2.24, 2.45) is 0 Å². The van der Waals surface area contributed by atoms with E-state index in [4.69, 9.17) is 5.41 Å². The Labute approximate surface area is 121 Å². The van der Waals surface area contributed by atoms with Crippen LogP contribution in [0.4, 0.5) is 4.79 Å². The molecule has 1 unspecified atom stereocenters. The van der Waals surface area contributed by atoms with Crippen molar-refractivity contribution in [1.29, 1.82) is 5.41 Å². The van der Waals surface area contributed by atoms with Crippen LogP contribution in [0.25, 0.3) is 5.57 Å². The number of aromatic nitrogens is 1. The van der Waals surface area contributed by atoms with E-state index in [1.165, 1.54) is 6.21 Å². The fourth-order valence-corrected chi connectivity index (χ4v) is 2.88. The summed E-state index contributed by atoms with van der Waals surface area (Å²) in [4.78, 5) is 27.9. The van der Waals surface area contributed by atoms with E-state index in [0.717, 1.165) is 11.1 Å². The average molecular weight is 285 g/mol. The van der Waals surface area contributed by atoms with Crippen LogP contribution in [0.2, 0.25) is 0 Å². The molecule has 108 valence electrons. The van der Waals surface area contributed by atoms with Crippen molar-refractivity contribution in [3.05, 3.63) is 35.3 Å². The number of rotatable bonds is 3. The number of pyridine rings is 1. The molecule has 7 heteroatoms. The minimum Gasteiger partial charge on any atom is -0.393 e. The van der Waals surface area contributed by atoms with Crippen LogP contribution in [0.1, 0.15) is 23.2 Å². The van der Waals surface area contributed by atoms with Crippen LogP contribution in [-0.2, 0) is 16.8 Å². The lowest BCUT2D eigenvalue weighted by atomic mass is 9.96. The molecule has 1 aliphatic carbocycles. The zero-order valence-corrected chi connectivity index (χ0v) is 11.5. The molecular formula is C14H15N5O2. The van der Waals surface area contributed by atoms with Crippen molar-refractivity contribution in [3.8, 4) is 0 Å². The molecular weight excluding hydrogens is 270 g/mol. The van der Waals surface area contributed by atoms with Crippen LogP contribution in [-0.4, -0.2) is 30.2 Å². The number of carbonyl (C=O) groups is 2. The molecule has 2 aliphatic rings. The minimum atomic E-state index is -1.03. The summed E-state index contributed by atoms with van der Waals surface area (Å²) in [6.45, 7) is 0. The Bertz CT molecular complexity index is 682. The first-order valence-electron chi connectivity index (χ1n) is 6.62. The van der Waals surface area contributed by atoms with E-state index < -0.39 is 11.6 Å². The predicted molar refractivity (Wildman–Crippen MR) is 76.7 cm³/mol. The number of urea groups is 1. The molecule has 1 saturated heterocycles. The number of allylic oxidation sites excluding steroid dienone is 1. The second-order valence-electron chi connectivity index (χ2n) is 5.08. The van der Waals surface area contributed by atoms with Crippen LogP contribution < -0.4 is 16.0 Å². The first-order chi connectivity index (χ1) is 10.1. The van der Waals surface area contributed by atoms with Gasteiger partial charge in [0, 0.05) is 36.8 Å². The predicted octanol–water partition coefficient (Wildman–Crippen LogP) is 0.272. The molecule has 1 aromatic rings. The van der Waals surface area contributed by atoms with Gasteiger partial charge >= 0.3 is 6.03 Å². The molecule has 0 saturated carbocycles. The molecule has 21 heavy (non-hydrogen) atoms. The maximum Gasteiger partial charge on any atom is 0.322 e. The molecule has 0 bridgehead atoms. The van der Waals surface area contributed by atoms with Crippen molar-refractivity contribution < 1.29 is 9.59 Å². The fourth-order valence-electron chi connectivity index (χ4n) is 2.88. The van der Waals surface area contributed by atoms with Gasteiger partial charge in [-0.2, -0.15) is 0 Å². The van der Waals surface area contributed by atoms with E-state index in [-0.39, 0.29) is 5.91 Å². The number of amides is 3. The lowest BCUT2D eigenvalue weighted by Crippen LogP contribution is -2.42. The topological polar surface area (TPSA) is 107 Å². The van der Waals surface area contributed by atoms with Gasteiger partial charge in [-0.15, -0.1) is 0 Å². The number of carbonyl (C=O) groups excluding carboxylic acids is 2. The Morgan fingerprint density at radius 2 is 2.33 bits per heavy atom. The highest BCUT2D eigenvalue weighted by molar-refractivity contribution is 6.09. The summed E-state index contributed by atoms with van der Waals surface area (Å²) in [6, 6.07) is 1.44. The molecule has 4 N–H and O–H groups in total. The van der Waals surface area contributed by atoms with Gasteiger partial charge in [0.1, 0.15) is 0 Å². The van der Waals surface area contributed by atoms with Crippen molar-refractivity contribution in [3.63, 3.8) is 0 Å². The summed E-state index contributed by atoms with van der Waals surface area (Å²) in [5.74, 6) is -0.343. The van der Waals surface area contributed by atoms with E-state index >= 15 is 0 Å². The van der Waals surface area contributed by atoms with Gasteiger partial charge < -0.3 is 16.0 Å². The van der Waals surface area contributed by atoms with E-state index in [0.29, 0.717) is 24.1 Å². The third kappa shape index (κ3) is 1.89. The summed E-state index contributed by atoms with van der Waals surface area (Å²) in [6.07, 6.45) is 5.75. The molecule has 1 atom stereocenters. The summed E-state index contributed by atoms with van der Waals surface area (Å²) in [5.41, 5.74) is 2.01. The Hall–Kier alpha value is -2.70. The van der Waals surface area contributed by atoms with Crippen molar-refractivity contribution >= 4 is 23.7 Å². The van der Waals surface area contributed by atoms with E-state index in [9.17, 15) is 9.59 Å². The first kappa shape index (κ1) is 13.3. The number of nitrogens with one attached hydrogen (secondary N) is 4. The highest BCUT2D eigenvalue weighted by atomic mass is 16.2. The normalized spacial score (nSPS) is 23.8. The molecule has 2 heterocycles. The minimum absolute atomic E-state index is 0.343. The summed E-state index contributed by atoms with van der Waals surface area (Å²) < 4.78 is 0. The van der Waals surface area contributed by atoms with E-state index in [1.807, 2.05) is 6.07 Å². The molecule has 1 aromatic heterocycles. The Morgan fingerprint density at radius 1 is 1.52 bits per heavy atom. The van der Waals surface area contributed by atoms with Crippen LogP contribution in [0.15, 0.2) is 18.5 Å². The number of aryl methyl sites for hydroxylation is 1. The van der Waals surface area contributed by atoms with Gasteiger partial charge in [0.05, 0.1) is 5.69 Å².